The molecule has 2 aromatic rings. The Hall–Kier alpha value is -1.57. The van der Waals surface area contributed by atoms with Crippen molar-refractivity contribution in [2.24, 2.45) is 5.41 Å². The monoisotopic (exact) mass is 254 g/mol. The van der Waals surface area contributed by atoms with Crippen LogP contribution >= 0.6 is 0 Å². The second-order valence-corrected chi connectivity index (χ2v) is 6.49. The van der Waals surface area contributed by atoms with Gasteiger partial charge in [-0.15, -0.1) is 0 Å². The second kappa shape index (κ2) is 4.84. The van der Waals surface area contributed by atoms with Gasteiger partial charge in [-0.3, -0.25) is 4.98 Å². The van der Waals surface area contributed by atoms with Crippen LogP contribution in [0.1, 0.15) is 39.5 Å². The van der Waals surface area contributed by atoms with Gasteiger partial charge in [-0.2, -0.15) is 0 Å². The van der Waals surface area contributed by atoms with E-state index in [4.69, 9.17) is 0 Å². The summed E-state index contributed by atoms with van der Waals surface area (Å²) in [6.45, 7) is 4.76. The summed E-state index contributed by atoms with van der Waals surface area (Å²) in [5.74, 6) is 0. The molecular formula is C17H22N2. The van der Waals surface area contributed by atoms with Crippen LogP contribution in [0, 0.1) is 5.41 Å². The van der Waals surface area contributed by atoms with Gasteiger partial charge in [0.1, 0.15) is 0 Å². The molecule has 1 aliphatic rings. The minimum atomic E-state index is 0.533. The van der Waals surface area contributed by atoms with Gasteiger partial charge >= 0.3 is 0 Å². The van der Waals surface area contributed by atoms with Crippen LogP contribution in [0.2, 0.25) is 0 Å². The molecule has 1 aliphatic carbocycles. The van der Waals surface area contributed by atoms with E-state index in [-0.39, 0.29) is 0 Å². The third-order valence-electron chi connectivity index (χ3n) is 4.31. The molecule has 1 aromatic heterocycles. The number of anilines is 1. The summed E-state index contributed by atoms with van der Waals surface area (Å²) in [5, 5.41) is 4.89. The maximum atomic E-state index is 4.36. The van der Waals surface area contributed by atoms with Gasteiger partial charge in [-0.25, -0.2) is 0 Å². The smallest absolute Gasteiger partial charge is 0.0703 e. The molecule has 19 heavy (non-hydrogen) atoms. The van der Waals surface area contributed by atoms with Gasteiger partial charge in [0.05, 0.1) is 5.52 Å². The Morgan fingerprint density at radius 2 is 1.95 bits per heavy atom. The normalized spacial score (nSPS) is 19.5. The molecule has 0 unspecified atom stereocenters. The third kappa shape index (κ3) is 2.89. The van der Waals surface area contributed by atoms with E-state index in [1.54, 1.807) is 0 Å². The van der Waals surface area contributed by atoms with Crippen molar-refractivity contribution < 1.29 is 0 Å². The van der Waals surface area contributed by atoms with Gasteiger partial charge in [-0.05, 0) is 55.4 Å². The van der Waals surface area contributed by atoms with Crippen molar-refractivity contribution in [2.75, 3.05) is 5.32 Å². The van der Waals surface area contributed by atoms with Crippen LogP contribution in [0.15, 0.2) is 36.5 Å². The maximum absolute atomic E-state index is 4.36. The predicted octanol–water partition coefficient (Wildman–Crippen LogP) is 4.62. The third-order valence-corrected chi connectivity index (χ3v) is 4.31. The molecule has 1 heterocycles. The molecule has 0 saturated heterocycles. The molecule has 1 saturated carbocycles. The lowest BCUT2D eigenvalue weighted by Gasteiger charge is -2.35. The van der Waals surface area contributed by atoms with Gasteiger partial charge in [0.25, 0.3) is 0 Å². The topological polar surface area (TPSA) is 24.9 Å². The molecular weight excluding hydrogens is 232 g/mol. The highest BCUT2D eigenvalue weighted by molar-refractivity contribution is 5.82. The number of benzene rings is 1. The Balaban J connectivity index is 1.72. The van der Waals surface area contributed by atoms with Crippen molar-refractivity contribution in [1.29, 1.82) is 0 Å². The van der Waals surface area contributed by atoms with E-state index in [0.717, 1.165) is 5.52 Å². The number of fused-ring (bicyclic) bond motifs is 1. The number of pyridine rings is 1. The Kier molecular flexibility index (Phi) is 3.17. The molecule has 3 rings (SSSR count). The average molecular weight is 254 g/mol. The molecule has 0 amide bonds. The van der Waals surface area contributed by atoms with E-state index < -0.39 is 0 Å². The van der Waals surface area contributed by atoms with E-state index in [1.807, 2.05) is 12.3 Å². The summed E-state index contributed by atoms with van der Waals surface area (Å²) in [4.78, 5) is 4.36. The largest absolute Gasteiger partial charge is 0.382 e. The second-order valence-electron chi connectivity index (χ2n) is 6.49. The zero-order chi connectivity index (χ0) is 13.3. The number of rotatable bonds is 2. The fourth-order valence-corrected chi connectivity index (χ4v) is 2.94. The quantitative estimate of drug-likeness (QED) is 0.846. The van der Waals surface area contributed by atoms with Crippen LogP contribution in [0.4, 0.5) is 5.69 Å². The molecule has 1 aromatic carbocycles. The lowest BCUT2D eigenvalue weighted by molar-refractivity contribution is 0.232. The maximum Gasteiger partial charge on any atom is 0.0703 e. The molecule has 0 spiro atoms. The first-order valence-electron chi connectivity index (χ1n) is 7.24. The number of nitrogens with one attached hydrogen (secondary N) is 1. The molecule has 0 bridgehead atoms. The van der Waals surface area contributed by atoms with E-state index in [1.165, 1.54) is 36.8 Å². The molecule has 2 nitrogen and oxygen atoms in total. The van der Waals surface area contributed by atoms with Gasteiger partial charge in [0.2, 0.25) is 0 Å². The molecule has 0 radical (unpaired) electrons. The van der Waals surface area contributed by atoms with Crippen LogP contribution in [-0.2, 0) is 0 Å². The van der Waals surface area contributed by atoms with Crippen LogP contribution in [0.3, 0.4) is 0 Å². The van der Waals surface area contributed by atoms with Crippen molar-refractivity contribution in [3.05, 3.63) is 36.5 Å². The van der Waals surface area contributed by atoms with Gasteiger partial charge < -0.3 is 5.32 Å². The zero-order valence-electron chi connectivity index (χ0n) is 11.8. The average Bonchev–Trinajstić information content (AvgIpc) is 2.41. The number of hydrogen-bond donors (Lipinski definition) is 1. The summed E-state index contributed by atoms with van der Waals surface area (Å²) in [5.41, 5.74) is 2.83. The SMILES string of the molecule is CC1(C)CCC(Nc2ccc3ncccc3c2)CC1. The van der Waals surface area contributed by atoms with Crippen molar-refractivity contribution in [3.8, 4) is 0 Å². The fraction of sp³-hybridized carbons (Fsp3) is 0.471. The summed E-state index contributed by atoms with van der Waals surface area (Å²) in [6, 6.07) is 11.2. The lowest BCUT2D eigenvalue weighted by Crippen LogP contribution is -2.29. The summed E-state index contributed by atoms with van der Waals surface area (Å²) in [7, 11) is 0. The minimum absolute atomic E-state index is 0.533. The Labute approximate surface area is 115 Å². The van der Waals surface area contributed by atoms with Crippen molar-refractivity contribution >= 4 is 16.6 Å². The van der Waals surface area contributed by atoms with Crippen LogP contribution < -0.4 is 5.32 Å². The van der Waals surface area contributed by atoms with E-state index in [2.05, 4.69) is 48.4 Å². The Morgan fingerprint density at radius 3 is 2.74 bits per heavy atom. The highest BCUT2D eigenvalue weighted by Crippen LogP contribution is 2.36. The van der Waals surface area contributed by atoms with E-state index in [9.17, 15) is 0 Å². The van der Waals surface area contributed by atoms with Crippen LogP contribution in [-0.4, -0.2) is 11.0 Å². The summed E-state index contributed by atoms with van der Waals surface area (Å²) in [6.07, 6.45) is 7.04. The van der Waals surface area contributed by atoms with Crippen molar-refractivity contribution in [2.45, 2.75) is 45.6 Å². The number of nitrogens with zero attached hydrogens (tertiary/aromatic N) is 1. The Morgan fingerprint density at radius 1 is 1.16 bits per heavy atom. The van der Waals surface area contributed by atoms with Gasteiger partial charge in [0, 0.05) is 23.3 Å². The highest BCUT2D eigenvalue weighted by atomic mass is 14.9. The van der Waals surface area contributed by atoms with Crippen molar-refractivity contribution in [1.82, 2.24) is 4.98 Å². The number of aromatic nitrogens is 1. The lowest BCUT2D eigenvalue weighted by atomic mass is 9.75. The fourth-order valence-electron chi connectivity index (χ4n) is 2.94. The predicted molar refractivity (Wildman–Crippen MR) is 81.4 cm³/mol. The zero-order valence-corrected chi connectivity index (χ0v) is 11.8. The minimum Gasteiger partial charge on any atom is -0.382 e. The Bertz CT molecular complexity index is 564. The molecule has 100 valence electrons. The molecule has 0 aliphatic heterocycles. The number of hydrogen-bond acceptors (Lipinski definition) is 2. The first kappa shape index (κ1) is 12.5. The van der Waals surface area contributed by atoms with Crippen LogP contribution in [0.5, 0.6) is 0 Å². The van der Waals surface area contributed by atoms with Crippen LogP contribution in [0.25, 0.3) is 10.9 Å². The molecule has 2 heteroatoms. The summed E-state index contributed by atoms with van der Waals surface area (Å²) >= 11 is 0. The standard InChI is InChI=1S/C17H22N2/c1-17(2)9-7-14(8-10-17)19-15-5-6-16-13(12-15)4-3-11-18-16/h3-6,11-12,14,19H,7-10H2,1-2H3. The first-order chi connectivity index (χ1) is 9.12. The molecule has 1 fully saturated rings. The van der Waals surface area contributed by atoms with Gasteiger partial charge in [-0.1, -0.05) is 19.9 Å². The van der Waals surface area contributed by atoms with Gasteiger partial charge in [0.15, 0.2) is 0 Å². The van der Waals surface area contributed by atoms with E-state index >= 15 is 0 Å². The summed E-state index contributed by atoms with van der Waals surface area (Å²) < 4.78 is 0. The molecule has 1 N–H and O–H groups in total. The first-order valence-corrected chi connectivity index (χ1v) is 7.24. The molecule has 0 atom stereocenters. The van der Waals surface area contributed by atoms with E-state index in [0.29, 0.717) is 11.5 Å². The highest BCUT2D eigenvalue weighted by Gasteiger charge is 2.26. The van der Waals surface area contributed by atoms with Crippen molar-refractivity contribution in [3.63, 3.8) is 0 Å².